The van der Waals surface area contributed by atoms with Crippen LogP contribution in [-0.4, -0.2) is 57.1 Å². The van der Waals surface area contributed by atoms with Crippen molar-refractivity contribution in [3.63, 3.8) is 0 Å². The summed E-state index contributed by atoms with van der Waals surface area (Å²) in [6, 6.07) is 15.7. The fourth-order valence-corrected chi connectivity index (χ4v) is 4.60. The predicted octanol–water partition coefficient (Wildman–Crippen LogP) is 3.58. The Morgan fingerprint density at radius 1 is 1.03 bits per heavy atom. The molecule has 2 amide bonds. The van der Waals surface area contributed by atoms with Gasteiger partial charge in [-0.05, 0) is 56.5 Å². The number of nitrogens with zero attached hydrogens (tertiary/aromatic N) is 2. The van der Waals surface area contributed by atoms with Crippen LogP contribution < -0.4 is 14.4 Å². The fourth-order valence-electron chi connectivity index (χ4n) is 3.64. The minimum atomic E-state index is -3.55. The molecule has 2 aromatic rings. The first-order valence-electron chi connectivity index (χ1n) is 12.0. The van der Waals surface area contributed by atoms with Crippen molar-refractivity contribution in [3.8, 4) is 5.75 Å². The van der Waals surface area contributed by atoms with Gasteiger partial charge in [-0.1, -0.05) is 37.3 Å². The zero-order chi connectivity index (χ0) is 25.8. The van der Waals surface area contributed by atoms with Gasteiger partial charge in [0.1, 0.15) is 11.8 Å². The second kappa shape index (κ2) is 13.7. The molecule has 8 nitrogen and oxygen atoms in total. The van der Waals surface area contributed by atoms with Gasteiger partial charge in [0.05, 0.1) is 18.6 Å². The molecule has 0 aliphatic rings. The number of hydrogen-bond acceptors (Lipinski definition) is 5. The summed E-state index contributed by atoms with van der Waals surface area (Å²) in [5, 5.41) is 2.85. The summed E-state index contributed by atoms with van der Waals surface area (Å²) in [5.41, 5.74) is 1.43. The van der Waals surface area contributed by atoms with Crippen LogP contribution in [0.1, 0.15) is 45.6 Å². The quantitative estimate of drug-likeness (QED) is 0.425. The van der Waals surface area contributed by atoms with Gasteiger partial charge in [-0.15, -0.1) is 0 Å². The molecule has 0 saturated heterocycles. The van der Waals surface area contributed by atoms with Gasteiger partial charge in [0.2, 0.25) is 21.8 Å². The normalized spacial score (nSPS) is 12.0. The summed E-state index contributed by atoms with van der Waals surface area (Å²) < 4.78 is 31.6. The van der Waals surface area contributed by atoms with Crippen molar-refractivity contribution < 1.29 is 22.7 Å². The van der Waals surface area contributed by atoms with Gasteiger partial charge >= 0.3 is 0 Å². The lowest BCUT2D eigenvalue weighted by Crippen LogP contribution is -2.47. The number of ether oxygens (including phenoxy) is 1. The van der Waals surface area contributed by atoms with E-state index in [1.807, 2.05) is 44.2 Å². The van der Waals surface area contributed by atoms with E-state index in [9.17, 15) is 18.0 Å². The summed E-state index contributed by atoms with van der Waals surface area (Å²) in [7, 11) is -3.55. The van der Waals surface area contributed by atoms with Gasteiger partial charge in [-0.2, -0.15) is 0 Å². The topological polar surface area (TPSA) is 96.0 Å². The van der Waals surface area contributed by atoms with Crippen molar-refractivity contribution in [2.75, 3.05) is 30.3 Å². The van der Waals surface area contributed by atoms with Gasteiger partial charge in [0.25, 0.3) is 0 Å². The zero-order valence-electron chi connectivity index (χ0n) is 21.1. The lowest BCUT2D eigenvalue weighted by Gasteiger charge is -2.29. The first-order chi connectivity index (χ1) is 16.7. The molecular weight excluding hydrogens is 466 g/mol. The molecule has 0 aromatic heterocycles. The molecule has 2 aromatic carbocycles. The van der Waals surface area contributed by atoms with Crippen LogP contribution in [0, 0.1) is 0 Å². The lowest BCUT2D eigenvalue weighted by atomic mass is 10.1. The van der Waals surface area contributed by atoms with Crippen LogP contribution in [0.2, 0.25) is 0 Å². The number of sulfonamides is 1. The SMILES string of the molecule is CCCNC(=O)[C@H](C)N(Cc1ccccc1)C(=O)CCCN(c1ccc(OCC)cc1)S(C)(=O)=O. The minimum absolute atomic E-state index is 0.112. The molecule has 9 heteroatoms. The number of benzene rings is 2. The summed E-state index contributed by atoms with van der Waals surface area (Å²) in [6.45, 7) is 7.07. The summed E-state index contributed by atoms with van der Waals surface area (Å²) in [4.78, 5) is 27.4. The van der Waals surface area contributed by atoms with Crippen LogP contribution in [0.5, 0.6) is 5.75 Å². The maximum absolute atomic E-state index is 13.2. The highest BCUT2D eigenvalue weighted by Gasteiger charge is 2.26. The third-order valence-corrected chi connectivity index (χ3v) is 6.69. The highest BCUT2D eigenvalue weighted by Crippen LogP contribution is 2.22. The van der Waals surface area contributed by atoms with Crippen molar-refractivity contribution in [3.05, 3.63) is 60.2 Å². The molecule has 0 spiro atoms. The molecule has 0 bridgehead atoms. The molecule has 0 aliphatic carbocycles. The molecule has 0 radical (unpaired) electrons. The van der Waals surface area contributed by atoms with Crippen LogP contribution in [0.3, 0.4) is 0 Å². The first kappa shape index (κ1) is 28.2. The molecule has 0 aliphatic heterocycles. The molecule has 1 N–H and O–H groups in total. The van der Waals surface area contributed by atoms with E-state index in [1.165, 1.54) is 4.31 Å². The Bertz CT molecular complexity index is 1040. The van der Waals surface area contributed by atoms with E-state index in [-0.39, 0.29) is 24.8 Å². The second-order valence-corrected chi connectivity index (χ2v) is 10.2. The van der Waals surface area contributed by atoms with E-state index in [2.05, 4.69) is 5.32 Å². The van der Waals surface area contributed by atoms with Gasteiger partial charge in [0, 0.05) is 26.1 Å². The maximum Gasteiger partial charge on any atom is 0.242 e. The number of anilines is 1. The molecule has 0 saturated carbocycles. The molecule has 192 valence electrons. The highest BCUT2D eigenvalue weighted by molar-refractivity contribution is 7.92. The Labute approximate surface area is 209 Å². The Morgan fingerprint density at radius 2 is 1.69 bits per heavy atom. The number of amides is 2. The summed E-state index contributed by atoms with van der Waals surface area (Å²) >= 11 is 0. The average molecular weight is 504 g/mol. The Balaban J connectivity index is 2.11. The number of carbonyl (C=O) groups is 2. The minimum Gasteiger partial charge on any atom is -0.494 e. The van der Waals surface area contributed by atoms with E-state index in [0.29, 0.717) is 37.6 Å². The van der Waals surface area contributed by atoms with Crippen LogP contribution in [0.15, 0.2) is 54.6 Å². The molecular formula is C26H37N3O5S. The summed E-state index contributed by atoms with van der Waals surface area (Å²) in [5.74, 6) is 0.253. The Hall–Kier alpha value is -3.07. The van der Waals surface area contributed by atoms with Crippen molar-refractivity contribution in [2.45, 2.75) is 52.6 Å². The molecule has 0 unspecified atom stereocenters. The standard InChI is InChI=1S/C26H37N3O5S/c1-5-18-27-26(31)21(3)28(20-22-11-8-7-9-12-22)25(30)13-10-19-29(35(4,32)33)23-14-16-24(17-15-23)34-6-2/h7-9,11-12,14-17,21H,5-6,10,13,18-20H2,1-4H3,(H,27,31)/t21-/m0/s1. The van der Waals surface area contributed by atoms with E-state index in [0.717, 1.165) is 18.2 Å². The van der Waals surface area contributed by atoms with Crippen LogP contribution in [0.25, 0.3) is 0 Å². The lowest BCUT2D eigenvalue weighted by molar-refractivity contribution is -0.140. The molecule has 1 atom stereocenters. The number of nitrogens with one attached hydrogen (secondary N) is 1. The van der Waals surface area contributed by atoms with Crippen molar-refractivity contribution in [2.24, 2.45) is 0 Å². The number of carbonyl (C=O) groups excluding carboxylic acids is 2. The van der Waals surface area contributed by atoms with Crippen LogP contribution in [-0.2, 0) is 26.2 Å². The molecule has 0 heterocycles. The number of rotatable bonds is 14. The largest absolute Gasteiger partial charge is 0.494 e. The van der Waals surface area contributed by atoms with Crippen molar-refractivity contribution >= 4 is 27.5 Å². The van der Waals surface area contributed by atoms with Gasteiger partial charge in [-0.25, -0.2) is 8.42 Å². The van der Waals surface area contributed by atoms with Gasteiger partial charge in [0.15, 0.2) is 0 Å². The monoisotopic (exact) mass is 503 g/mol. The van der Waals surface area contributed by atoms with Crippen molar-refractivity contribution in [1.29, 1.82) is 0 Å². The third kappa shape index (κ3) is 8.90. The molecule has 0 fully saturated rings. The molecule has 2 rings (SSSR count). The molecule has 35 heavy (non-hydrogen) atoms. The average Bonchev–Trinajstić information content (AvgIpc) is 2.84. The van der Waals surface area contributed by atoms with Crippen LogP contribution >= 0.6 is 0 Å². The fraction of sp³-hybridized carbons (Fsp3) is 0.462. The summed E-state index contributed by atoms with van der Waals surface area (Å²) in [6.07, 6.45) is 2.38. The van der Waals surface area contributed by atoms with E-state index >= 15 is 0 Å². The van der Waals surface area contributed by atoms with Crippen LogP contribution in [0.4, 0.5) is 5.69 Å². The second-order valence-electron chi connectivity index (χ2n) is 8.34. The number of hydrogen-bond donors (Lipinski definition) is 1. The van der Waals surface area contributed by atoms with Crippen molar-refractivity contribution in [1.82, 2.24) is 10.2 Å². The Morgan fingerprint density at radius 3 is 2.26 bits per heavy atom. The Kier molecular flexibility index (Phi) is 11.0. The van der Waals surface area contributed by atoms with Gasteiger partial charge < -0.3 is 15.0 Å². The van der Waals surface area contributed by atoms with Gasteiger partial charge in [-0.3, -0.25) is 13.9 Å². The highest BCUT2D eigenvalue weighted by atomic mass is 32.2. The predicted molar refractivity (Wildman–Crippen MR) is 139 cm³/mol. The van der Waals surface area contributed by atoms with E-state index in [4.69, 9.17) is 4.74 Å². The van der Waals surface area contributed by atoms with E-state index < -0.39 is 16.1 Å². The third-order valence-electron chi connectivity index (χ3n) is 5.50. The smallest absolute Gasteiger partial charge is 0.242 e. The zero-order valence-corrected chi connectivity index (χ0v) is 21.9. The maximum atomic E-state index is 13.2. The van der Waals surface area contributed by atoms with E-state index in [1.54, 1.807) is 36.1 Å². The first-order valence-corrected chi connectivity index (χ1v) is 13.8.